The third-order valence-electron chi connectivity index (χ3n) is 5.60. The summed E-state index contributed by atoms with van der Waals surface area (Å²) in [6.45, 7) is 7.18. The van der Waals surface area contributed by atoms with Crippen LogP contribution in [0.5, 0.6) is 0 Å². The zero-order valence-corrected chi connectivity index (χ0v) is 17.6. The summed E-state index contributed by atoms with van der Waals surface area (Å²) < 4.78 is 0. The Morgan fingerprint density at radius 2 is 1.67 bits per heavy atom. The summed E-state index contributed by atoms with van der Waals surface area (Å²) >= 11 is 0. The van der Waals surface area contributed by atoms with Crippen LogP contribution >= 0.6 is 0 Å². The molecule has 1 fully saturated rings. The maximum absolute atomic E-state index is 5.76. The number of nitrogens with zero attached hydrogens (tertiary/aromatic N) is 4. The van der Waals surface area contributed by atoms with Gasteiger partial charge >= 0.3 is 0 Å². The maximum Gasteiger partial charge on any atom is 0.225 e. The van der Waals surface area contributed by atoms with E-state index in [4.69, 9.17) is 10.7 Å². The van der Waals surface area contributed by atoms with Crippen LogP contribution in [-0.2, 0) is 6.42 Å². The average Bonchev–Trinajstić information content (AvgIpc) is 2.76. The number of anilines is 3. The molecule has 0 radical (unpaired) electrons. The number of piperazine rings is 1. The molecule has 1 aromatic heterocycles. The van der Waals surface area contributed by atoms with Gasteiger partial charge < -0.3 is 21.3 Å². The van der Waals surface area contributed by atoms with E-state index in [1.807, 2.05) is 30.3 Å². The third-order valence-corrected chi connectivity index (χ3v) is 5.60. The van der Waals surface area contributed by atoms with Gasteiger partial charge in [-0.25, -0.2) is 4.98 Å². The summed E-state index contributed by atoms with van der Waals surface area (Å²) in [5.41, 5.74) is 8.74. The van der Waals surface area contributed by atoms with Gasteiger partial charge in [0.25, 0.3) is 0 Å². The van der Waals surface area contributed by atoms with E-state index in [0.717, 1.165) is 74.6 Å². The molecule has 0 spiro atoms. The molecule has 0 bridgehead atoms. The van der Waals surface area contributed by atoms with Crippen LogP contribution in [0.2, 0.25) is 0 Å². The fraction of sp³-hybridized carbons (Fsp3) is 0.391. The van der Waals surface area contributed by atoms with Gasteiger partial charge in [0.1, 0.15) is 5.82 Å². The number of hydrogen-bond donors (Lipinski definition) is 3. The van der Waals surface area contributed by atoms with Crippen LogP contribution in [0.4, 0.5) is 17.5 Å². The molecule has 0 aliphatic carbocycles. The number of hydrogen-bond acceptors (Lipinski definition) is 7. The van der Waals surface area contributed by atoms with Gasteiger partial charge in [0.15, 0.2) is 0 Å². The van der Waals surface area contributed by atoms with E-state index in [9.17, 15) is 0 Å². The lowest BCUT2D eigenvalue weighted by Crippen LogP contribution is -2.45. The van der Waals surface area contributed by atoms with Crippen molar-refractivity contribution in [3.63, 3.8) is 0 Å². The molecule has 1 aliphatic heterocycles. The van der Waals surface area contributed by atoms with Crippen molar-refractivity contribution in [2.24, 2.45) is 0 Å². The number of nitrogens with one attached hydrogen (secondary N) is 2. The van der Waals surface area contributed by atoms with Crippen LogP contribution in [0.25, 0.3) is 10.9 Å². The van der Waals surface area contributed by atoms with Crippen molar-refractivity contribution in [1.29, 1.82) is 0 Å². The molecule has 0 amide bonds. The van der Waals surface area contributed by atoms with Crippen LogP contribution in [0, 0.1) is 0 Å². The van der Waals surface area contributed by atoms with Crippen molar-refractivity contribution < 1.29 is 0 Å². The van der Waals surface area contributed by atoms with Crippen LogP contribution < -0.4 is 16.4 Å². The Balaban J connectivity index is 1.38. The Kier molecular flexibility index (Phi) is 6.61. The molecule has 3 aromatic rings. The lowest BCUT2D eigenvalue weighted by molar-refractivity contribution is 0.158. The minimum atomic E-state index is 0.659. The smallest absolute Gasteiger partial charge is 0.225 e. The quantitative estimate of drug-likeness (QED) is 0.497. The SMILES string of the molecule is CN1CCN(CCNc2nc(NCCc3ccc(N)cc3)nc3ccccc23)CC1. The van der Waals surface area contributed by atoms with Gasteiger partial charge in [0.2, 0.25) is 5.95 Å². The molecule has 4 N–H and O–H groups in total. The van der Waals surface area contributed by atoms with Gasteiger partial charge in [-0.3, -0.25) is 4.90 Å². The third kappa shape index (κ3) is 5.37. The van der Waals surface area contributed by atoms with E-state index >= 15 is 0 Å². The number of fused-ring (bicyclic) bond motifs is 1. The molecule has 2 aromatic carbocycles. The molecule has 0 saturated carbocycles. The minimum Gasteiger partial charge on any atom is -0.399 e. The minimum absolute atomic E-state index is 0.659. The average molecular weight is 406 g/mol. The first-order valence-electron chi connectivity index (χ1n) is 10.7. The highest BCUT2D eigenvalue weighted by atomic mass is 15.3. The largest absolute Gasteiger partial charge is 0.399 e. The molecule has 158 valence electrons. The second kappa shape index (κ2) is 9.73. The van der Waals surface area contributed by atoms with E-state index in [2.05, 4.69) is 50.7 Å². The lowest BCUT2D eigenvalue weighted by atomic mass is 10.1. The van der Waals surface area contributed by atoms with Crippen molar-refractivity contribution in [1.82, 2.24) is 19.8 Å². The van der Waals surface area contributed by atoms with E-state index in [1.54, 1.807) is 0 Å². The molecular weight excluding hydrogens is 374 g/mol. The Bertz CT molecular complexity index is 949. The summed E-state index contributed by atoms with van der Waals surface area (Å²) in [5.74, 6) is 1.55. The molecule has 4 rings (SSSR count). The first-order valence-corrected chi connectivity index (χ1v) is 10.7. The number of aromatic nitrogens is 2. The van der Waals surface area contributed by atoms with Crippen molar-refractivity contribution in [3.05, 3.63) is 54.1 Å². The summed E-state index contributed by atoms with van der Waals surface area (Å²) in [5, 5.41) is 7.97. The second-order valence-electron chi connectivity index (χ2n) is 7.90. The standard InChI is InChI=1S/C23H31N7/c1-29-14-16-30(17-15-29)13-12-25-22-20-4-2-3-5-21(20)27-23(28-22)26-11-10-18-6-8-19(24)9-7-18/h2-9H,10-17,24H2,1H3,(H2,25,26,27,28). The monoisotopic (exact) mass is 405 g/mol. The molecule has 1 saturated heterocycles. The van der Waals surface area contributed by atoms with Gasteiger partial charge in [-0.15, -0.1) is 0 Å². The topological polar surface area (TPSA) is 82.3 Å². The van der Waals surface area contributed by atoms with Crippen molar-refractivity contribution >= 4 is 28.4 Å². The molecule has 7 nitrogen and oxygen atoms in total. The Morgan fingerprint density at radius 3 is 2.47 bits per heavy atom. The molecule has 1 aliphatic rings. The number of likely N-dealkylation sites (N-methyl/N-ethyl adjacent to an activating group) is 1. The molecule has 0 unspecified atom stereocenters. The highest BCUT2D eigenvalue weighted by Gasteiger charge is 2.13. The summed E-state index contributed by atoms with van der Waals surface area (Å²) in [4.78, 5) is 14.3. The summed E-state index contributed by atoms with van der Waals surface area (Å²) in [7, 11) is 2.18. The fourth-order valence-corrected chi connectivity index (χ4v) is 3.70. The Morgan fingerprint density at radius 1 is 0.900 bits per heavy atom. The lowest BCUT2D eigenvalue weighted by Gasteiger charge is -2.32. The summed E-state index contributed by atoms with van der Waals surface area (Å²) in [6.07, 6.45) is 0.892. The fourth-order valence-electron chi connectivity index (χ4n) is 3.70. The molecule has 7 heteroatoms. The predicted molar refractivity (Wildman–Crippen MR) is 125 cm³/mol. The zero-order chi connectivity index (χ0) is 20.8. The van der Waals surface area contributed by atoms with Crippen LogP contribution in [0.15, 0.2) is 48.5 Å². The number of rotatable bonds is 8. The van der Waals surface area contributed by atoms with Gasteiger partial charge in [0, 0.05) is 56.9 Å². The highest BCUT2D eigenvalue weighted by Crippen LogP contribution is 2.21. The molecule has 30 heavy (non-hydrogen) atoms. The summed E-state index contributed by atoms with van der Waals surface area (Å²) in [6, 6.07) is 16.1. The van der Waals surface area contributed by atoms with E-state index in [1.165, 1.54) is 5.56 Å². The van der Waals surface area contributed by atoms with Crippen LogP contribution in [-0.4, -0.2) is 72.6 Å². The first kappa shape index (κ1) is 20.4. The Labute approximate surface area is 178 Å². The highest BCUT2D eigenvalue weighted by molar-refractivity contribution is 5.90. The number of nitrogens with two attached hydrogens (primary N) is 1. The Hall–Kier alpha value is -2.90. The van der Waals surface area contributed by atoms with Gasteiger partial charge in [-0.05, 0) is 43.3 Å². The second-order valence-corrected chi connectivity index (χ2v) is 7.90. The van der Waals surface area contributed by atoms with Crippen LogP contribution in [0.1, 0.15) is 5.56 Å². The zero-order valence-electron chi connectivity index (χ0n) is 17.6. The number of para-hydroxylation sites is 1. The van der Waals surface area contributed by atoms with Gasteiger partial charge in [-0.1, -0.05) is 24.3 Å². The number of benzene rings is 2. The number of nitrogen functional groups attached to an aromatic ring is 1. The van der Waals surface area contributed by atoms with Crippen molar-refractivity contribution in [3.8, 4) is 0 Å². The van der Waals surface area contributed by atoms with Crippen molar-refractivity contribution in [2.45, 2.75) is 6.42 Å². The van der Waals surface area contributed by atoms with E-state index in [0.29, 0.717) is 5.95 Å². The van der Waals surface area contributed by atoms with Gasteiger partial charge in [-0.2, -0.15) is 4.98 Å². The van der Waals surface area contributed by atoms with Crippen LogP contribution in [0.3, 0.4) is 0 Å². The molecule has 2 heterocycles. The molecule has 0 atom stereocenters. The first-order chi connectivity index (χ1) is 14.7. The van der Waals surface area contributed by atoms with Crippen molar-refractivity contribution in [2.75, 3.05) is 69.2 Å². The predicted octanol–water partition coefficient (Wildman–Crippen LogP) is 2.53. The molecular formula is C23H31N7. The van der Waals surface area contributed by atoms with E-state index < -0.39 is 0 Å². The van der Waals surface area contributed by atoms with E-state index in [-0.39, 0.29) is 0 Å². The normalized spacial score (nSPS) is 15.4. The maximum atomic E-state index is 5.76. The van der Waals surface area contributed by atoms with Gasteiger partial charge in [0.05, 0.1) is 5.52 Å².